The van der Waals surface area contributed by atoms with Crippen molar-refractivity contribution in [3.63, 3.8) is 0 Å². The summed E-state index contributed by atoms with van der Waals surface area (Å²) in [6, 6.07) is 3.94. The second-order valence-electron chi connectivity index (χ2n) is 4.00. The highest BCUT2D eigenvalue weighted by Gasteiger charge is 2.15. The van der Waals surface area contributed by atoms with E-state index < -0.39 is 0 Å². The Morgan fingerprint density at radius 1 is 1.31 bits per heavy atom. The molecule has 4 heteroatoms. The van der Waals surface area contributed by atoms with E-state index in [9.17, 15) is 5.11 Å². The van der Waals surface area contributed by atoms with E-state index in [1.165, 1.54) is 0 Å². The van der Waals surface area contributed by atoms with Crippen molar-refractivity contribution in [1.82, 2.24) is 5.32 Å². The first-order chi connectivity index (χ1) is 7.47. The highest BCUT2D eigenvalue weighted by molar-refractivity contribution is 6.43. The summed E-state index contributed by atoms with van der Waals surface area (Å²) < 4.78 is 0. The number of halogens is 2. The minimum Gasteiger partial charge on any atom is -0.506 e. The Hall–Kier alpha value is -0.440. The Labute approximate surface area is 107 Å². The summed E-state index contributed by atoms with van der Waals surface area (Å²) in [5, 5.41) is 13.8. The van der Waals surface area contributed by atoms with Crippen molar-refractivity contribution in [2.75, 3.05) is 0 Å². The number of benzene rings is 1. The first kappa shape index (κ1) is 13.6. The summed E-state index contributed by atoms with van der Waals surface area (Å²) in [6.45, 7) is 6.20. The Bertz CT molecular complexity index is 368. The Morgan fingerprint density at radius 3 is 2.50 bits per heavy atom. The molecule has 0 saturated carbocycles. The van der Waals surface area contributed by atoms with Crippen LogP contribution in [0.15, 0.2) is 12.1 Å². The van der Waals surface area contributed by atoms with E-state index in [0.717, 1.165) is 12.0 Å². The number of phenolic OH excluding ortho intramolecular Hbond substituents is 1. The zero-order valence-corrected chi connectivity index (χ0v) is 11.2. The molecule has 0 aliphatic carbocycles. The standard InChI is InChI=1S/C12H17Cl2NO/c1-4-7(2)15-8(3)9-5-6-10(13)11(14)12(9)16/h5-8,15-16H,4H2,1-3H3. The minimum absolute atomic E-state index is 0.0460. The molecule has 1 aromatic rings. The molecule has 0 aliphatic rings. The molecule has 2 atom stereocenters. The number of hydrogen-bond donors (Lipinski definition) is 2. The third-order valence-corrected chi connectivity index (χ3v) is 3.51. The van der Waals surface area contributed by atoms with E-state index in [4.69, 9.17) is 23.2 Å². The van der Waals surface area contributed by atoms with Crippen LogP contribution in [0.3, 0.4) is 0 Å². The monoisotopic (exact) mass is 261 g/mol. The highest BCUT2D eigenvalue weighted by atomic mass is 35.5. The third kappa shape index (κ3) is 3.03. The Kier molecular flexibility index (Phi) is 4.90. The average molecular weight is 262 g/mol. The fraction of sp³-hybridized carbons (Fsp3) is 0.500. The van der Waals surface area contributed by atoms with Gasteiger partial charge in [-0.05, 0) is 26.3 Å². The van der Waals surface area contributed by atoms with Crippen LogP contribution in [-0.4, -0.2) is 11.1 Å². The molecule has 0 spiro atoms. The second-order valence-corrected chi connectivity index (χ2v) is 4.78. The van der Waals surface area contributed by atoms with Crippen LogP contribution in [0.1, 0.15) is 38.8 Å². The van der Waals surface area contributed by atoms with Crippen molar-refractivity contribution in [3.8, 4) is 5.75 Å². The second kappa shape index (κ2) is 5.76. The van der Waals surface area contributed by atoms with Crippen LogP contribution in [0.4, 0.5) is 0 Å². The van der Waals surface area contributed by atoms with Gasteiger partial charge in [-0.15, -0.1) is 0 Å². The molecule has 0 aromatic heterocycles. The summed E-state index contributed by atoms with van der Waals surface area (Å²) in [6.07, 6.45) is 1.03. The van der Waals surface area contributed by atoms with E-state index >= 15 is 0 Å². The first-order valence-corrected chi connectivity index (χ1v) is 6.15. The molecule has 0 bridgehead atoms. The van der Waals surface area contributed by atoms with Crippen molar-refractivity contribution in [1.29, 1.82) is 0 Å². The molecular formula is C12H17Cl2NO. The molecule has 1 rings (SSSR count). The predicted molar refractivity (Wildman–Crippen MR) is 69.4 cm³/mol. The van der Waals surface area contributed by atoms with Gasteiger partial charge in [0.2, 0.25) is 0 Å². The van der Waals surface area contributed by atoms with Crippen molar-refractivity contribution >= 4 is 23.2 Å². The third-order valence-electron chi connectivity index (χ3n) is 2.71. The summed E-state index contributed by atoms with van der Waals surface area (Å²) in [5.41, 5.74) is 0.773. The zero-order valence-electron chi connectivity index (χ0n) is 9.72. The number of phenols is 1. The summed E-state index contributed by atoms with van der Waals surface area (Å²) in [4.78, 5) is 0. The summed E-state index contributed by atoms with van der Waals surface area (Å²) in [7, 11) is 0. The topological polar surface area (TPSA) is 32.3 Å². The molecule has 2 N–H and O–H groups in total. The van der Waals surface area contributed by atoms with E-state index in [2.05, 4.69) is 19.2 Å². The fourth-order valence-corrected chi connectivity index (χ4v) is 1.86. The van der Waals surface area contributed by atoms with Gasteiger partial charge >= 0.3 is 0 Å². The molecule has 0 saturated heterocycles. The van der Waals surface area contributed by atoms with Gasteiger partial charge < -0.3 is 10.4 Å². The summed E-state index contributed by atoms with van der Waals surface area (Å²) in [5.74, 6) is 0.0671. The zero-order chi connectivity index (χ0) is 12.3. The maximum atomic E-state index is 9.88. The summed E-state index contributed by atoms with van der Waals surface area (Å²) >= 11 is 11.7. The van der Waals surface area contributed by atoms with Gasteiger partial charge in [0, 0.05) is 17.6 Å². The molecule has 0 heterocycles. The number of nitrogens with one attached hydrogen (secondary N) is 1. The van der Waals surface area contributed by atoms with Crippen LogP contribution in [-0.2, 0) is 0 Å². The lowest BCUT2D eigenvalue weighted by Gasteiger charge is -2.20. The number of rotatable bonds is 4. The normalized spacial score (nSPS) is 14.8. The van der Waals surface area contributed by atoms with Crippen LogP contribution < -0.4 is 5.32 Å². The maximum Gasteiger partial charge on any atom is 0.140 e. The molecule has 1 aromatic carbocycles. The van der Waals surface area contributed by atoms with Crippen LogP contribution in [0.2, 0.25) is 10.0 Å². The maximum absolute atomic E-state index is 9.88. The van der Waals surface area contributed by atoms with Gasteiger partial charge in [0.25, 0.3) is 0 Å². The largest absolute Gasteiger partial charge is 0.506 e. The van der Waals surface area contributed by atoms with Crippen LogP contribution in [0.5, 0.6) is 5.75 Å². The lowest BCUT2D eigenvalue weighted by atomic mass is 10.1. The molecule has 0 fully saturated rings. The molecule has 0 amide bonds. The van der Waals surface area contributed by atoms with Gasteiger partial charge in [0.15, 0.2) is 0 Å². The molecule has 2 unspecified atom stereocenters. The van der Waals surface area contributed by atoms with E-state index in [1.54, 1.807) is 12.1 Å². The number of aromatic hydroxyl groups is 1. The SMILES string of the molecule is CCC(C)NC(C)c1ccc(Cl)c(Cl)c1O. The molecule has 2 nitrogen and oxygen atoms in total. The van der Waals surface area contributed by atoms with Crippen LogP contribution in [0.25, 0.3) is 0 Å². The molecular weight excluding hydrogens is 245 g/mol. The highest BCUT2D eigenvalue weighted by Crippen LogP contribution is 2.36. The smallest absolute Gasteiger partial charge is 0.140 e. The van der Waals surface area contributed by atoms with Gasteiger partial charge in [-0.2, -0.15) is 0 Å². The van der Waals surface area contributed by atoms with Gasteiger partial charge in [-0.25, -0.2) is 0 Å². The Balaban J connectivity index is 2.92. The van der Waals surface area contributed by atoms with Crippen molar-refractivity contribution in [2.24, 2.45) is 0 Å². The quantitative estimate of drug-likeness (QED) is 0.854. The van der Waals surface area contributed by atoms with Crippen molar-refractivity contribution in [2.45, 2.75) is 39.3 Å². The van der Waals surface area contributed by atoms with Crippen LogP contribution in [0, 0.1) is 0 Å². The van der Waals surface area contributed by atoms with Gasteiger partial charge in [-0.3, -0.25) is 0 Å². The van der Waals surface area contributed by atoms with Gasteiger partial charge in [0.1, 0.15) is 10.8 Å². The van der Waals surface area contributed by atoms with Crippen molar-refractivity contribution < 1.29 is 5.11 Å². The predicted octanol–water partition coefficient (Wildman–Crippen LogP) is 4.15. The fourth-order valence-electron chi connectivity index (χ4n) is 1.54. The Morgan fingerprint density at radius 2 is 1.94 bits per heavy atom. The van der Waals surface area contributed by atoms with E-state index in [0.29, 0.717) is 11.1 Å². The van der Waals surface area contributed by atoms with E-state index in [-0.39, 0.29) is 16.8 Å². The lowest BCUT2D eigenvalue weighted by molar-refractivity contribution is 0.431. The van der Waals surface area contributed by atoms with Gasteiger partial charge in [0.05, 0.1) is 5.02 Å². The van der Waals surface area contributed by atoms with E-state index in [1.807, 2.05) is 6.92 Å². The van der Waals surface area contributed by atoms with Crippen molar-refractivity contribution in [3.05, 3.63) is 27.7 Å². The number of hydrogen-bond acceptors (Lipinski definition) is 2. The minimum atomic E-state index is 0.0460. The lowest BCUT2D eigenvalue weighted by Crippen LogP contribution is -2.28. The van der Waals surface area contributed by atoms with Crippen LogP contribution >= 0.6 is 23.2 Å². The molecule has 16 heavy (non-hydrogen) atoms. The first-order valence-electron chi connectivity index (χ1n) is 5.40. The molecule has 0 aliphatic heterocycles. The van der Waals surface area contributed by atoms with Gasteiger partial charge in [-0.1, -0.05) is 36.2 Å². The molecule has 90 valence electrons. The average Bonchev–Trinajstić information content (AvgIpc) is 2.25. The molecule has 0 radical (unpaired) electrons.